The number of amides is 2. The fraction of sp³-hybridized carbons (Fsp3) is 0.857. The van der Waals surface area contributed by atoms with Crippen molar-refractivity contribution >= 4 is 12.0 Å². The molecule has 0 aromatic rings. The fourth-order valence-corrected chi connectivity index (χ4v) is 2.35. The van der Waals surface area contributed by atoms with E-state index in [0.29, 0.717) is 25.3 Å². The summed E-state index contributed by atoms with van der Waals surface area (Å²) in [6.45, 7) is 6.63. The Kier molecular flexibility index (Phi) is 6.78. The van der Waals surface area contributed by atoms with Crippen LogP contribution in [0.25, 0.3) is 0 Å². The molecule has 0 radical (unpaired) electrons. The highest BCUT2D eigenvalue weighted by Crippen LogP contribution is 2.19. The maximum Gasteiger partial charge on any atom is 0.332 e. The van der Waals surface area contributed by atoms with E-state index in [0.717, 1.165) is 12.8 Å². The number of carbonyl (C=O) groups is 2. The van der Waals surface area contributed by atoms with E-state index in [9.17, 15) is 9.59 Å². The topological polar surface area (TPSA) is 87.7 Å². The lowest BCUT2D eigenvalue weighted by molar-refractivity contribution is -0.149. The molecule has 20 heavy (non-hydrogen) atoms. The number of carboxylic acid groups (broad SMARTS) is 1. The first-order valence-electron chi connectivity index (χ1n) is 7.35. The van der Waals surface area contributed by atoms with Crippen molar-refractivity contribution in [3.8, 4) is 0 Å². The van der Waals surface area contributed by atoms with E-state index in [1.807, 2.05) is 6.92 Å². The standard InChI is InChI=1S/C14H26N2O4/c1-4-9(2)7-10(3)16-14(19)15-8-11-5-6-12(20-11)13(17)18/h9-12H,4-8H2,1-3H3,(H,17,18)(H2,15,16,19). The zero-order valence-electron chi connectivity index (χ0n) is 12.5. The van der Waals surface area contributed by atoms with Crippen LogP contribution >= 0.6 is 0 Å². The molecular formula is C14H26N2O4. The van der Waals surface area contributed by atoms with Gasteiger partial charge in [-0.25, -0.2) is 9.59 Å². The Morgan fingerprint density at radius 2 is 2.05 bits per heavy atom. The van der Waals surface area contributed by atoms with Gasteiger partial charge < -0.3 is 20.5 Å². The van der Waals surface area contributed by atoms with Gasteiger partial charge in [0.1, 0.15) is 0 Å². The predicted molar refractivity (Wildman–Crippen MR) is 75.6 cm³/mol. The lowest BCUT2D eigenvalue weighted by Gasteiger charge is -2.19. The first kappa shape index (κ1) is 16.8. The van der Waals surface area contributed by atoms with Crippen molar-refractivity contribution in [2.24, 2.45) is 5.92 Å². The van der Waals surface area contributed by atoms with Gasteiger partial charge in [0.2, 0.25) is 0 Å². The first-order chi connectivity index (χ1) is 9.42. The molecule has 0 aromatic carbocycles. The summed E-state index contributed by atoms with van der Waals surface area (Å²) in [6, 6.07) is -0.0932. The van der Waals surface area contributed by atoms with E-state index in [4.69, 9.17) is 9.84 Å². The Balaban J connectivity index is 2.19. The largest absolute Gasteiger partial charge is 0.479 e. The molecule has 1 saturated heterocycles. The quantitative estimate of drug-likeness (QED) is 0.665. The molecule has 4 unspecified atom stereocenters. The van der Waals surface area contributed by atoms with Gasteiger partial charge in [-0.05, 0) is 32.1 Å². The number of rotatable bonds is 7. The summed E-state index contributed by atoms with van der Waals surface area (Å²) in [5.74, 6) is -0.348. The maximum atomic E-state index is 11.7. The van der Waals surface area contributed by atoms with Gasteiger partial charge in [0.25, 0.3) is 0 Å². The fourth-order valence-electron chi connectivity index (χ4n) is 2.35. The molecule has 0 aromatic heterocycles. The second-order valence-electron chi connectivity index (χ2n) is 5.67. The van der Waals surface area contributed by atoms with Crippen LogP contribution in [-0.4, -0.2) is 41.9 Å². The van der Waals surface area contributed by atoms with Gasteiger partial charge in [-0.2, -0.15) is 0 Å². The Bertz CT molecular complexity index is 335. The molecule has 0 aliphatic carbocycles. The van der Waals surface area contributed by atoms with Gasteiger partial charge in [0.15, 0.2) is 6.10 Å². The smallest absolute Gasteiger partial charge is 0.332 e. The molecule has 2 amide bonds. The van der Waals surface area contributed by atoms with E-state index in [1.165, 1.54) is 0 Å². The number of ether oxygens (including phenoxy) is 1. The molecule has 0 bridgehead atoms. The molecule has 3 N–H and O–H groups in total. The number of nitrogens with one attached hydrogen (secondary N) is 2. The second kappa shape index (κ2) is 8.09. The van der Waals surface area contributed by atoms with Gasteiger partial charge in [-0.1, -0.05) is 20.3 Å². The van der Waals surface area contributed by atoms with Crippen molar-refractivity contribution in [2.45, 2.75) is 64.7 Å². The zero-order valence-corrected chi connectivity index (χ0v) is 12.5. The number of carbonyl (C=O) groups excluding carboxylic acids is 1. The van der Waals surface area contributed by atoms with Gasteiger partial charge >= 0.3 is 12.0 Å². The summed E-state index contributed by atoms with van der Waals surface area (Å²) in [6.07, 6.45) is 2.29. The minimum Gasteiger partial charge on any atom is -0.479 e. The van der Waals surface area contributed by atoms with Crippen LogP contribution in [0.1, 0.15) is 46.5 Å². The van der Waals surface area contributed by atoms with Gasteiger partial charge in [-0.3, -0.25) is 0 Å². The Labute approximate surface area is 120 Å². The van der Waals surface area contributed by atoms with Crippen molar-refractivity contribution in [2.75, 3.05) is 6.54 Å². The molecule has 1 fully saturated rings. The summed E-state index contributed by atoms with van der Waals surface area (Å²) in [5.41, 5.74) is 0. The van der Waals surface area contributed by atoms with Crippen molar-refractivity contribution in [3.05, 3.63) is 0 Å². The van der Waals surface area contributed by atoms with E-state index in [-0.39, 0.29) is 18.2 Å². The molecule has 1 aliphatic rings. The van der Waals surface area contributed by atoms with E-state index < -0.39 is 12.1 Å². The monoisotopic (exact) mass is 286 g/mol. The third-order valence-electron chi connectivity index (χ3n) is 3.70. The average Bonchev–Trinajstić information content (AvgIpc) is 2.85. The highest BCUT2D eigenvalue weighted by atomic mass is 16.5. The normalized spacial score (nSPS) is 24.9. The highest BCUT2D eigenvalue weighted by molar-refractivity contribution is 5.74. The molecule has 1 rings (SSSR count). The van der Waals surface area contributed by atoms with Gasteiger partial charge in [0, 0.05) is 12.6 Å². The minimum absolute atomic E-state index is 0.126. The van der Waals surface area contributed by atoms with Crippen molar-refractivity contribution in [3.63, 3.8) is 0 Å². The van der Waals surface area contributed by atoms with E-state index in [1.54, 1.807) is 0 Å². The SMILES string of the molecule is CCC(C)CC(C)NC(=O)NCC1CCC(C(=O)O)O1. The molecule has 0 spiro atoms. The summed E-state index contributed by atoms with van der Waals surface area (Å²) in [5, 5.41) is 14.4. The van der Waals surface area contributed by atoms with Crippen LogP contribution in [-0.2, 0) is 9.53 Å². The molecule has 6 nitrogen and oxygen atoms in total. The lowest BCUT2D eigenvalue weighted by atomic mass is 10.0. The highest BCUT2D eigenvalue weighted by Gasteiger charge is 2.30. The van der Waals surface area contributed by atoms with Crippen LogP contribution in [0.3, 0.4) is 0 Å². The third kappa shape index (κ3) is 5.77. The van der Waals surface area contributed by atoms with E-state index >= 15 is 0 Å². The molecular weight excluding hydrogens is 260 g/mol. The van der Waals surface area contributed by atoms with Crippen LogP contribution in [0.2, 0.25) is 0 Å². The van der Waals surface area contributed by atoms with E-state index in [2.05, 4.69) is 24.5 Å². The summed E-state index contributed by atoms with van der Waals surface area (Å²) in [7, 11) is 0. The maximum absolute atomic E-state index is 11.7. The van der Waals surface area contributed by atoms with Crippen LogP contribution in [0, 0.1) is 5.92 Å². The van der Waals surface area contributed by atoms with Crippen LogP contribution in [0.15, 0.2) is 0 Å². The molecule has 4 atom stereocenters. The molecule has 116 valence electrons. The molecule has 6 heteroatoms. The molecule has 1 heterocycles. The van der Waals surface area contributed by atoms with Gasteiger partial charge in [-0.15, -0.1) is 0 Å². The number of hydrogen-bond donors (Lipinski definition) is 3. The number of urea groups is 1. The number of hydrogen-bond acceptors (Lipinski definition) is 3. The van der Waals surface area contributed by atoms with Crippen LogP contribution < -0.4 is 10.6 Å². The average molecular weight is 286 g/mol. The molecule has 0 saturated carbocycles. The predicted octanol–water partition coefficient (Wildman–Crippen LogP) is 1.74. The van der Waals surface area contributed by atoms with Gasteiger partial charge in [0.05, 0.1) is 6.10 Å². The summed E-state index contributed by atoms with van der Waals surface area (Å²) >= 11 is 0. The molecule has 1 aliphatic heterocycles. The number of aliphatic carboxylic acids is 1. The minimum atomic E-state index is -0.931. The second-order valence-corrected chi connectivity index (χ2v) is 5.67. The Morgan fingerprint density at radius 1 is 1.35 bits per heavy atom. The van der Waals surface area contributed by atoms with Crippen LogP contribution in [0.5, 0.6) is 0 Å². The summed E-state index contributed by atoms with van der Waals surface area (Å²) < 4.78 is 5.32. The third-order valence-corrected chi connectivity index (χ3v) is 3.70. The zero-order chi connectivity index (χ0) is 15.1. The lowest BCUT2D eigenvalue weighted by Crippen LogP contribution is -2.44. The number of carboxylic acids is 1. The van der Waals surface area contributed by atoms with Crippen molar-refractivity contribution in [1.82, 2.24) is 10.6 Å². The Hall–Kier alpha value is -1.30. The van der Waals surface area contributed by atoms with Crippen molar-refractivity contribution in [1.29, 1.82) is 0 Å². The van der Waals surface area contributed by atoms with Crippen LogP contribution in [0.4, 0.5) is 4.79 Å². The first-order valence-corrected chi connectivity index (χ1v) is 7.35. The summed E-state index contributed by atoms with van der Waals surface area (Å²) in [4.78, 5) is 22.4. The Morgan fingerprint density at radius 3 is 2.60 bits per heavy atom. The van der Waals surface area contributed by atoms with Crippen molar-refractivity contribution < 1.29 is 19.4 Å².